The lowest BCUT2D eigenvalue weighted by Crippen LogP contribution is -2.29. The van der Waals surface area contributed by atoms with E-state index in [2.05, 4.69) is 9.47 Å². The topological polar surface area (TPSA) is 161 Å². The van der Waals surface area contributed by atoms with Gasteiger partial charge in [-0.1, -0.05) is 54.6 Å². The smallest absolute Gasteiger partial charge is 0.404 e. The Morgan fingerprint density at radius 3 is 1.69 bits per heavy atom. The Morgan fingerprint density at radius 1 is 0.654 bits per heavy atom. The SMILES string of the molecule is N#CC(C#N)=C1C2=C(C(=C(C#N)C#N)c3cccc(-c4ccc(C#N)c(OC(F)(F)F)c4)c32)c2c(C3=CC(OC(F)(F)F)C(C#N)C=C3)cccc21. The normalized spacial score (nSPS) is 16.9. The summed E-state index contributed by atoms with van der Waals surface area (Å²) in [5.41, 5.74) is 0.724. The molecule has 2 atom stereocenters. The highest BCUT2D eigenvalue weighted by Crippen LogP contribution is 2.62. The Hall–Kier alpha value is -7.36. The highest BCUT2D eigenvalue weighted by atomic mass is 19.4. The van der Waals surface area contributed by atoms with Crippen molar-refractivity contribution in [3.05, 3.63) is 117 Å². The van der Waals surface area contributed by atoms with Crippen molar-refractivity contribution in [2.45, 2.75) is 18.8 Å². The predicted octanol–water partition coefficient (Wildman–Crippen LogP) is 8.66. The van der Waals surface area contributed by atoms with Crippen LogP contribution in [0, 0.1) is 73.9 Å². The number of rotatable bonds is 4. The molecule has 0 bridgehead atoms. The minimum Gasteiger partial charge on any atom is -0.404 e. The van der Waals surface area contributed by atoms with Gasteiger partial charge in [0, 0.05) is 22.3 Å². The maximum Gasteiger partial charge on any atom is 0.573 e. The number of allylic oxidation sites excluding steroid dienone is 8. The average molecular weight is 701 g/mol. The van der Waals surface area contributed by atoms with Crippen LogP contribution in [0.3, 0.4) is 0 Å². The summed E-state index contributed by atoms with van der Waals surface area (Å²) in [5.74, 6) is -2.13. The third-order valence-electron chi connectivity index (χ3n) is 8.41. The van der Waals surface area contributed by atoms with Crippen LogP contribution < -0.4 is 4.74 Å². The second kappa shape index (κ2) is 12.8. The third-order valence-corrected chi connectivity index (χ3v) is 8.41. The quantitative estimate of drug-likeness (QED) is 0.193. The van der Waals surface area contributed by atoms with Crippen molar-refractivity contribution in [2.24, 2.45) is 5.92 Å². The summed E-state index contributed by atoms with van der Waals surface area (Å²) in [6, 6.07) is 23.4. The molecule has 6 rings (SSSR count). The molecule has 250 valence electrons. The van der Waals surface area contributed by atoms with E-state index in [-0.39, 0.29) is 66.8 Å². The maximum atomic E-state index is 13.4. The summed E-state index contributed by atoms with van der Waals surface area (Å²) in [4.78, 5) is 0. The molecule has 0 aliphatic heterocycles. The molecule has 3 aliphatic rings. The average Bonchev–Trinajstić information content (AvgIpc) is 3.61. The second-order valence-corrected chi connectivity index (χ2v) is 11.2. The first kappa shape index (κ1) is 34.5. The van der Waals surface area contributed by atoms with Gasteiger partial charge in [-0.2, -0.15) is 31.6 Å². The molecule has 0 heterocycles. The maximum absolute atomic E-state index is 13.4. The molecule has 52 heavy (non-hydrogen) atoms. The number of halogens is 6. The Bertz CT molecular complexity index is 2500. The lowest BCUT2D eigenvalue weighted by atomic mass is 9.83. The molecule has 0 amide bonds. The minimum absolute atomic E-state index is 0.0366. The molecule has 0 spiro atoms. The lowest BCUT2D eigenvalue weighted by Gasteiger charge is -2.24. The van der Waals surface area contributed by atoms with E-state index in [4.69, 9.17) is 0 Å². The fraction of sp³-hybridized carbons (Fsp3) is 0.105. The standard InChI is InChI=1S/C38H14F6N6O2/c39-37(40,41)51-29-11-19(7-9-21(29)13-45)25-3-1-5-27-31(23(15-47)16-48)35-34-26(20-8-10-22(14-46)30(12-20)52-38(42,43)44)4-2-6-28(34)32(24(17-49)18-50)36(35)33(25)27/h1-12,21,29H. The number of ether oxygens (including phenoxy) is 2. The van der Waals surface area contributed by atoms with Crippen molar-refractivity contribution in [1.29, 1.82) is 31.6 Å². The van der Waals surface area contributed by atoms with Gasteiger partial charge in [0.1, 0.15) is 53.3 Å². The molecule has 0 radical (unpaired) electrons. The number of nitriles is 6. The fourth-order valence-electron chi connectivity index (χ4n) is 6.56. The summed E-state index contributed by atoms with van der Waals surface area (Å²) in [7, 11) is 0. The number of nitrogens with zero attached hydrogens (tertiary/aromatic N) is 6. The van der Waals surface area contributed by atoms with Crippen molar-refractivity contribution in [1.82, 2.24) is 0 Å². The molecule has 14 heteroatoms. The number of alkyl halides is 6. The van der Waals surface area contributed by atoms with Crippen molar-refractivity contribution >= 4 is 27.9 Å². The van der Waals surface area contributed by atoms with Crippen LogP contribution in [0.5, 0.6) is 5.75 Å². The van der Waals surface area contributed by atoms with E-state index < -0.39 is 47.2 Å². The van der Waals surface area contributed by atoms with Gasteiger partial charge < -0.3 is 4.74 Å². The summed E-state index contributed by atoms with van der Waals surface area (Å²) in [5, 5.41) is 59.6. The molecule has 0 N–H and O–H groups in total. The molecule has 0 fully saturated rings. The second-order valence-electron chi connectivity index (χ2n) is 11.2. The van der Waals surface area contributed by atoms with Gasteiger partial charge in [0.05, 0.1) is 17.6 Å². The summed E-state index contributed by atoms with van der Waals surface area (Å²) in [6.45, 7) is 0. The Kier molecular flexibility index (Phi) is 8.51. The Morgan fingerprint density at radius 2 is 1.19 bits per heavy atom. The van der Waals surface area contributed by atoms with E-state index in [1.807, 2.05) is 24.3 Å². The van der Waals surface area contributed by atoms with Crippen molar-refractivity contribution in [3.63, 3.8) is 0 Å². The van der Waals surface area contributed by atoms with E-state index in [9.17, 15) is 57.9 Å². The zero-order chi connectivity index (χ0) is 37.5. The highest BCUT2D eigenvalue weighted by Gasteiger charge is 2.43. The van der Waals surface area contributed by atoms with E-state index in [1.165, 1.54) is 54.6 Å². The molecular weight excluding hydrogens is 686 g/mol. The van der Waals surface area contributed by atoms with Crippen LogP contribution in [0.15, 0.2) is 84.0 Å². The van der Waals surface area contributed by atoms with Crippen LogP contribution in [0.2, 0.25) is 0 Å². The molecule has 3 aromatic rings. The van der Waals surface area contributed by atoms with Crippen LogP contribution >= 0.6 is 0 Å². The molecule has 3 aromatic carbocycles. The van der Waals surface area contributed by atoms with Crippen LogP contribution in [0.1, 0.15) is 33.4 Å². The van der Waals surface area contributed by atoms with Gasteiger partial charge in [0.15, 0.2) is 0 Å². The zero-order valence-electron chi connectivity index (χ0n) is 25.9. The summed E-state index contributed by atoms with van der Waals surface area (Å²) < 4.78 is 88.6. The van der Waals surface area contributed by atoms with Crippen molar-refractivity contribution in [2.75, 3.05) is 0 Å². The Balaban J connectivity index is 1.72. The lowest BCUT2D eigenvalue weighted by molar-refractivity contribution is -0.338. The van der Waals surface area contributed by atoms with Gasteiger partial charge in [-0.05, 0) is 62.7 Å². The first-order chi connectivity index (χ1) is 24.8. The monoisotopic (exact) mass is 700 g/mol. The molecular formula is C38H14F6N6O2. The van der Waals surface area contributed by atoms with Gasteiger partial charge in [-0.25, -0.2) is 0 Å². The van der Waals surface area contributed by atoms with Gasteiger partial charge in [-0.3, -0.25) is 4.74 Å². The van der Waals surface area contributed by atoms with Gasteiger partial charge in [-0.15, -0.1) is 26.3 Å². The summed E-state index contributed by atoms with van der Waals surface area (Å²) in [6.07, 6.45) is -8.30. The largest absolute Gasteiger partial charge is 0.573 e. The van der Waals surface area contributed by atoms with Gasteiger partial charge in [0.2, 0.25) is 0 Å². The first-order valence-electron chi connectivity index (χ1n) is 14.7. The van der Waals surface area contributed by atoms with Gasteiger partial charge >= 0.3 is 12.7 Å². The molecule has 0 saturated carbocycles. The molecule has 3 aliphatic carbocycles. The van der Waals surface area contributed by atoms with Crippen LogP contribution in [0.4, 0.5) is 26.3 Å². The van der Waals surface area contributed by atoms with Crippen molar-refractivity contribution < 1.29 is 35.8 Å². The predicted molar refractivity (Wildman–Crippen MR) is 170 cm³/mol. The molecule has 0 aromatic heterocycles. The van der Waals surface area contributed by atoms with E-state index in [1.54, 1.807) is 12.1 Å². The van der Waals surface area contributed by atoms with Gasteiger partial charge in [0.25, 0.3) is 0 Å². The van der Waals surface area contributed by atoms with Crippen molar-refractivity contribution in [3.8, 4) is 53.3 Å². The molecule has 8 nitrogen and oxygen atoms in total. The number of benzene rings is 3. The molecule has 0 saturated heterocycles. The van der Waals surface area contributed by atoms with E-state index >= 15 is 0 Å². The summed E-state index contributed by atoms with van der Waals surface area (Å²) >= 11 is 0. The number of hydrogen-bond donors (Lipinski definition) is 0. The zero-order valence-corrected chi connectivity index (χ0v) is 25.9. The van der Waals surface area contributed by atoms with E-state index in [0.29, 0.717) is 0 Å². The van der Waals surface area contributed by atoms with Crippen LogP contribution in [0.25, 0.3) is 39.0 Å². The molecule has 2 unspecified atom stereocenters. The van der Waals surface area contributed by atoms with E-state index in [0.717, 1.165) is 18.2 Å². The first-order valence-corrected chi connectivity index (χ1v) is 14.7. The fourth-order valence-corrected chi connectivity index (χ4v) is 6.56. The highest BCUT2D eigenvalue weighted by molar-refractivity contribution is 6.39. The number of fused-ring (bicyclic) bond motifs is 4. The third kappa shape index (κ3) is 5.83. The Labute approximate surface area is 290 Å². The van der Waals surface area contributed by atoms with Crippen LogP contribution in [-0.4, -0.2) is 18.8 Å². The van der Waals surface area contributed by atoms with Crippen LogP contribution in [-0.2, 0) is 4.74 Å². The number of hydrogen-bond acceptors (Lipinski definition) is 8. The minimum atomic E-state index is -5.16.